The normalized spacial score (nSPS) is 16.8. The van der Waals surface area contributed by atoms with Crippen molar-refractivity contribution in [2.75, 3.05) is 6.54 Å². The van der Waals surface area contributed by atoms with E-state index in [4.69, 9.17) is 9.51 Å². The van der Waals surface area contributed by atoms with Gasteiger partial charge in [-0.1, -0.05) is 35.5 Å². The Balaban J connectivity index is 1.58. The molecule has 1 saturated heterocycles. The highest BCUT2D eigenvalue weighted by molar-refractivity contribution is 5.92. The minimum atomic E-state index is -0.0462. The summed E-state index contributed by atoms with van der Waals surface area (Å²) in [5, 5.41) is 3.99. The highest BCUT2D eigenvalue weighted by atomic mass is 16.5. The third-order valence-corrected chi connectivity index (χ3v) is 5.03. The second kappa shape index (κ2) is 7.76. The van der Waals surface area contributed by atoms with Crippen LogP contribution in [0.2, 0.25) is 0 Å². The lowest BCUT2D eigenvalue weighted by Crippen LogP contribution is -2.29. The second-order valence-electron chi connectivity index (χ2n) is 6.94. The molecular formula is C22H22N4O2. The lowest BCUT2D eigenvalue weighted by molar-refractivity contribution is -0.126. The Morgan fingerprint density at radius 2 is 2.04 bits per heavy atom. The van der Waals surface area contributed by atoms with Crippen molar-refractivity contribution in [2.45, 2.75) is 32.7 Å². The molecule has 4 rings (SSSR count). The predicted octanol–water partition coefficient (Wildman–Crippen LogP) is 4.13. The number of aromatic nitrogens is 3. The third-order valence-electron chi connectivity index (χ3n) is 5.03. The molecule has 1 unspecified atom stereocenters. The molecule has 0 saturated carbocycles. The maximum Gasteiger partial charge on any atom is 0.247 e. The van der Waals surface area contributed by atoms with Gasteiger partial charge in [-0.05, 0) is 44.4 Å². The predicted molar refractivity (Wildman–Crippen MR) is 106 cm³/mol. The fraction of sp³-hybridized carbons (Fsp3) is 0.273. The number of hydrogen-bond donors (Lipinski definition) is 0. The number of aryl methyl sites for hydroxylation is 2. The van der Waals surface area contributed by atoms with E-state index in [2.05, 4.69) is 10.1 Å². The minimum absolute atomic E-state index is 0.00357. The number of likely N-dealkylation sites (tertiary alicyclic amines) is 1. The Bertz CT molecular complexity index is 991. The first-order valence-electron chi connectivity index (χ1n) is 9.43. The smallest absolute Gasteiger partial charge is 0.247 e. The van der Waals surface area contributed by atoms with Gasteiger partial charge in [-0.3, -0.25) is 4.79 Å². The maximum absolute atomic E-state index is 12.8. The zero-order valence-electron chi connectivity index (χ0n) is 16.0. The van der Waals surface area contributed by atoms with Gasteiger partial charge in [0.15, 0.2) is 5.82 Å². The van der Waals surface area contributed by atoms with E-state index in [1.54, 1.807) is 12.3 Å². The molecule has 28 heavy (non-hydrogen) atoms. The molecule has 0 N–H and O–H groups in total. The van der Waals surface area contributed by atoms with Gasteiger partial charge in [0, 0.05) is 18.8 Å². The van der Waals surface area contributed by atoms with Gasteiger partial charge in [-0.15, -0.1) is 0 Å². The van der Waals surface area contributed by atoms with E-state index < -0.39 is 0 Å². The quantitative estimate of drug-likeness (QED) is 0.642. The van der Waals surface area contributed by atoms with Gasteiger partial charge in [0.05, 0.1) is 23.0 Å². The Morgan fingerprint density at radius 1 is 1.21 bits per heavy atom. The van der Waals surface area contributed by atoms with E-state index in [1.807, 2.05) is 61.2 Å². The highest BCUT2D eigenvalue weighted by Crippen LogP contribution is 2.32. The first-order chi connectivity index (χ1) is 13.6. The summed E-state index contributed by atoms with van der Waals surface area (Å²) in [6, 6.07) is 11.7. The molecular weight excluding hydrogens is 352 g/mol. The maximum atomic E-state index is 12.8. The molecule has 0 radical (unpaired) electrons. The lowest BCUT2D eigenvalue weighted by Gasteiger charge is -2.23. The summed E-state index contributed by atoms with van der Waals surface area (Å²) in [5.74, 6) is 1.29. The number of rotatable bonds is 4. The fourth-order valence-electron chi connectivity index (χ4n) is 3.65. The van der Waals surface area contributed by atoms with Crippen molar-refractivity contribution in [3.8, 4) is 11.4 Å². The molecule has 0 bridgehead atoms. The van der Waals surface area contributed by atoms with Crippen LogP contribution in [0.25, 0.3) is 17.5 Å². The highest BCUT2D eigenvalue weighted by Gasteiger charge is 2.30. The average Bonchev–Trinajstić information content (AvgIpc) is 3.34. The van der Waals surface area contributed by atoms with Crippen LogP contribution in [0.4, 0.5) is 0 Å². The third kappa shape index (κ3) is 3.58. The van der Waals surface area contributed by atoms with E-state index in [-0.39, 0.29) is 11.9 Å². The van der Waals surface area contributed by atoms with Crippen LogP contribution in [0.1, 0.15) is 41.6 Å². The van der Waals surface area contributed by atoms with Crippen molar-refractivity contribution in [2.24, 2.45) is 0 Å². The molecule has 6 nitrogen and oxygen atoms in total. The van der Waals surface area contributed by atoms with Gasteiger partial charge >= 0.3 is 0 Å². The van der Waals surface area contributed by atoms with Gasteiger partial charge in [-0.25, -0.2) is 9.97 Å². The summed E-state index contributed by atoms with van der Waals surface area (Å²) in [6.45, 7) is 4.46. The molecule has 3 heterocycles. The molecule has 142 valence electrons. The van der Waals surface area contributed by atoms with Gasteiger partial charge in [0.2, 0.25) is 5.91 Å². The largest absolute Gasteiger partial charge is 0.361 e. The Hall–Kier alpha value is -3.28. The summed E-state index contributed by atoms with van der Waals surface area (Å²) in [4.78, 5) is 23.8. The summed E-state index contributed by atoms with van der Waals surface area (Å²) in [6.07, 6.45) is 7.09. The van der Waals surface area contributed by atoms with Crippen LogP contribution in [-0.2, 0) is 4.79 Å². The van der Waals surface area contributed by atoms with E-state index in [0.29, 0.717) is 11.6 Å². The molecule has 1 aromatic carbocycles. The zero-order valence-corrected chi connectivity index (χ0v) is 16.0. The Morgan fingerprint density at radius 3 is 2.79 bits per heavy atom. The van der Waals surface area contributed by atoms with Gasteiger partial charge in [0.25, 0.3) is 0 Å². The number of benzene rings is 1. The minimum Gasteiger partial charge on any atom is -0.361 e. The molecule has 0 spiro atoms. The van der Waals surface area contributed by atoms with E-state index >= 15 is 0 Å². The van der Waals surface area contributed by atoms with Crippen molar-refractivity contribution < 1.29 is 9.32 Å². The van der Waals surface area contributed by atoms with Crippen LogP contribution in [0, 0.1) is 13.8 Å². The van der Waals surface area contributed by atoms with Crippen LogP contribution in [0.15, 0.2) is 53.2 Å². The molecule has 1 atom stereocenters. The van der Waals surface area contributed by atoms with Gasteiger partial charge in [0.1, 0.15) is 5.76 Å². The van der Waals surface area contributed by atoms with Crippen LogP contribution in [-0.4, -0.2) is 32.5 Å². The van der Waals surface area contributed by atoms with Crippen molar-refractivity contribution in [1.82, 2.24) is 20.0 Å². The summed E-state index contributed by atoms with van der Waals surface area (Å²) in [7, 11) is 0. The number of nitrogens with zero attached hydrogens (tertiary/aromatic N) is 4. The van der Waals surface area contributed by atoms with Crippen molar-refractivity contribution >= 4 is 12.0 Å². The lowest BCUT2D eigenvalue weighted by atomic mass is 10.1. The van der Waals surface area contributed by atoms with Crippen LogP contribution < -0.4 is 0 Å². The molecule has 1 amide bonds. The van der Waals surface area contributed by atoms with Gasteiger partial charge in [-0.2, -0.15) is 0 Å². The van der Waals surface area contributed by atoms with Crippen molar-refractivity contribution in [3.63, 3.8) is 0 Å². The topological polar surface area (TPSA) is 72.1 Å². The average molecular weight is 374 g/mol. The summed E-state index contributed by atoms with van der Waals surface area (Å²) in [5.41, 5.74) is 3.44. The molecule has 1 aliphatic rings. The number of carbonyl (C=O) groups excluding carboxylic acids is 1. The Kier molecular flexibility index (Phi) is 5.02. The number of hydrogen-bond acceptors (Lipinski definition) is 5. The van der Waals surface area contributed by atoms with E-state index in [0.717, 1.165) is 41.9 Å². The summed E-state index contributed by atoms with van der Waals surface area (Å²) >= 11 is 0. The van der Waals surface area contributed by atoms with E-state index in [1.165, 1.54) is 0 Å². The van der Waals surface area contributed by atoms with Crippen molar-refractivity contribution in [1.29, 1.82) is 0 Å². The SMILES string of the molecule is Cc1noc(C)c1-c1nccc(C2CCCN2C(=O)/C=C/c2ccccc2)n1. The van der Waals surface area contributed by atoms with Crippen molar-refractivity contribution in [3.05, 3.63) is 71.4 Å². The molecule has 6 heteroatoms. The van der Waals surface area contributed by atoms with Crippen LogP contribution in [0.5, 0.6) is 0 Å². The van der Waals surface area contributed by atoms with Crippen LogP contribution in [0.3, 0.4) is 0 Å². The molecule has 3 aromatic rings. The molecule has 1 fully saturated rings. The number of carbonyl (C=O) groups is 1. The monoisotopic (exact) mass is 374 g/mol. The second-order valence-corrected chi connectivity index (χ2v) is 6.94. The first kappa shape index (κ1) is 18.1. The Labute approximate surface area is 163 Å². The number of amides is 1. The molecule has 0 aliphatic carbocycles. The first-order valence-corrected chi connectivity index (χ1v) is 9.43. The molecule has 1 aliphatic heterocycles. The fourth-order valence-corrected chi connectivity index (χ4v) is 3.65. The zero-order chi connectivity index (χ0) is 19.5. The van der Waals surface area contributed by atoms with Crippen LogP contribution >= 0.6 is 0 Å². The van der Waals surface area contributed by atoms with E-state index in [9.17, 15) is 4.79 Å². The molecule has 2 aromatic heterocycles. The standard InChI is InChI=1S/C22H22N4O2/c1-15-21(16(2)28-25-15)22-23-13-12-18(24-22)19-9-6-14-26(19)20(27)11-10-17-7-4-3-5-8-17/h3-5,7-8,10-13,19H,6,9,14H2,1-2H3/b11-10+. The summed E-state index contributed by atoms with van der Waals surface area (Å²) < 4.78 is 5.24. The van der Waals surface area contributed by atoms with Gasteiger partial charge < -0.3 is 9.42 Å².